The van der Waals surface area contributed by atoms with Gasteiger partial charge in [-0.15, -0.1) is 0 Å². The molecule has 4 rings (SSSR count). The number of rotatable bonds is 2. The molecule has 1 amide bonds. The number of amides is 1. The van der Waals surface area contributed by atoms with Crippen LogP contribution in [0.2, 0.25) is 0 Å². The van der Waals surface area contributed by atoms with Crippen LogP contribution in [0.3, 0.4) is 0 Å². The van der Waals surface area contributed by atoms with E-state index in [0.29, 0.717) is 0 Å². The molecule has 28 heavy (non-hydrogen) atoms. The molecule has 4 heteroatoms. The molecule has 2 aromatic carbocycles. The van der Waals surface area contributed by atoms with Crippen molar-refractivity contribution in [3.63, 3.8) is 0 Å². The fourth-order valence-corrected chi connectivity index (χ4v) is 4.31. The molecule has 0 aromatic heterocycles. The Bertz CT molecular complexity index is 942. The Labute approximate surface area is 166 Å². The fourth-order valence-electron chi connectivity index (χ4n) is 4.31. The number of para-hydroxylation sites is 1. The van der Waals surface area contributed by atoms with Gasteiger partial charge in [0.1, 0.15) is 11.4 Å². The quantitative estimate of drug-likeness (QED) is 0.626. The molecule has 2 aromatic rings. The lowest BCUT2D eigenvalue weighted by Gasteiger charge is -2.47. The summed E-state index contributed by atoms with van der Waals surface area (Å²) >= 11 is 0. The second-order valence-corrected chi connectivity index (χ2v) is 8.99. The minimum atomic E-state index is -0.547. The normalized spacial score (nSPS) is 24.4. The molecule has 1 fully saturated rings. The fraction of sp³-hybridized carbons (Fsp3) is 0.375. The van der Waals surface area contributed by atoms with Crippen molar-refractivity contribution in [3.8, 4) is 5.75 Å². The van der Waals surface area contributed by atoms with Gasteiger partial charge in [0.05, 0.1) is 18.0 Å². The first-order valence-electron chi connectivity index (χ1n) is 9.73. The number of fused-ring (bicyclic) bond motifs is 3. The lowest BCUT2D eigenvalue weighted by molar-refractivity contribution is 0.0552. The van der Waals surface area contributed by atoms with Crippen LogP contribution in [0, 0.1) is 6.92 Å². The number of aryl methyl sites for hydroxylation is 1. The molecule has 0 unspecified atom stereocenters. The van der Waals surface area contributed by atoms with Crippen LogP contribution >= 0.6 is 0 Å². The molecule has 1 heterocycles. The summed E-state index contributed by atoms with van der Waals surface area (Å²) in [6, 6.07) is 15.9. The number of carbonyl (C=O) groups is 1. The van der Waals surface area contributed by atoms with Crippen LogP contribution in [-0.2, 0) is 10.2 Å². The Morgan fingerprint density at radius 1 is 1.18 bits per heavy atom. The number of nitrogens with zero attached hydrogens (tertiary/aromatic N) is 1. The summed E-state index contributed by atoms with van der Waals surface area (Å²) in [6.07, 6.45) is 2.36. The van der Waals surface area contributed by atoms with Crippen molar-refractivity contribution in [3.05, 3.63) is 71.5 Å². The van der Waals surface area contributed by atoms with Crippen molar-refractivity contribution in [1.82, 2.24) is 0 Å². The molecular formula is C24H27NO3. The van der Waals surface area contributed by atoms with Gasteiger partial charge in [-0.3, -0.25) is 4.90 Å². The highest BCUT2D eigenvalue weighted by molar-refractivity contribution is 5.95. The first-order valence-corrected chi connectivity index (χ1v) is 9.73. The number of benzene rings is 2. The van der Waals surface area contributed by atoms with Crippen molar-refractivity contribution in [2.24, 2.45) is 0 Å². The Kier molecular flexibility index (Phi) is 4.25. The zero-order valence-corrected chi connectivity index (χ0v) is 17.2. The first-order chi connectivity index (χ1) is 13.2. The van der Waals surface area contributed by atoms with Gasteiger partial charge in [0, 0.05) is 5.41 Å². The maximum absolute atomic E-state index is 13.1. The monoisotopic (exact) mass is 377 g/mol. The smallest absolute Gasteiger partial charge is 0.415 e. The van der Waals surface area contributed by atoms with E-state index in [9.17, 15) is 4.79 Å². The van der Waals surface area contributed by atoms with Crippen molar-refractivity contribution >= 4 is 11.8 Å². The Balaban J connectivity index is 1.69. The summed E-state index contributed by atoms with van der Waals surface area (Å²) in [5.41, 5.74) is 3.78. The molecule has 0 spiro atoms. The Morgan fingerprint density at radius 3 is 2.57 bits per heavy atom. The molecule has 2 atom stereocenters. The van der Waals surface area contributed by atoms with E-state index in [4.69, 9.17) is 9.47 Å². The summed E-state index contributed by atoms with van der Waals surface area (Å²) in [4.78, 5) is 14.9. The summed E-state index contributed by atoms with van der Waals surface area (Å²) in [7, 11) is 0. The number of anilines is 1. The highest BCUT2D eigenvalue weighted by atomic mass is 16.6. The third-order valence-corrected chi connectivity index (χ3v) is 5.49. The maximum Gasteiger partial charge on any atom is 0.415 e. The highest BCUT2D eigenvalue weighted by Crippen LogP contribution is 2.59. The van der Waals surface area contributed by atoms with E-state index in [0.717, 1.165) is 23.4 Å². The number of hydrogen-bond donors (Lipinski definition) is 0. The van der Waals surface area contributed by atoms with E-state index >= 15 is 0 Å². The average molecular weight is 377 g/mol. The molecule has 0 bridgehead atoms. The Hall–Kier alpha value is -2.75. The van der Waals surface area contributed by atoms with Crippen LogP contribution in [0.4, 0.5) is 10.5 Å². The van der Waals surface area contributed by atoms with Crippen LogP contribution < -0.4 is 9.64 Å². The minimum absolute atomic E-state index is 0.0807. The molecule has 0 saturated heterocycles. The van der Waals surface area contributed by atoms with Gasteiger partial charge >= 0.3 is 6.09 Å². The topological polar surface area (TPSA) is 38.8 Å². The maximum atomic E-state index is 13.1. The second-order valence-electron chi connectivity index (χ2n) is 8.99. The van der Waals surface area contributed by atoms with E-state index in [1.165, 1.54) is 11.1 Å². The van der Waals surface area contributed by atoms with Crippen LogP contribution in [0.5, 0.6) is 5.75 Å². The first kappa shape index (κ1) is 18.6. The molecule has 0 radical (unpaired) electrons. The van der Waals surface area contributed by atoms with Gasteiger partial charge in [-0.2, -0.15) is 0 Å². The summed E-state index contributed by atoms with van der Waals surface area (Å²) in [6.45, 7) is 9.99. The van der Waals surface area contributed by atoms with E-state index in [-0.39, 0.29) is 17.6 Å². The standard InChI is InChI=1S/C24H27NO3/c1-16-11-12-20-19(13-16)24(5)14-17(15-27-18-9-7-6-8-10-18)21(24)25(20)22(26)28-23(2,3)4/h6-13,15,21H,14H2,1-5H3/b17-15-/t21-,24-/m1/s1. The van der Waals surface area contributed by atoms with Gasteiger partial charge in [0.2, 0.25) is 0 Å². The van der Waals surface area contributed by atoms with Gasteiger partial charge in [-0.25, -0.2) is 4.79 Å². The molecule has 1 aliphatic heterocycles. The lowest BCUT2D eigenvalue weighted by Crippen LogP contribution is -2.56. The molecule has 2 aliphatic rings. The zero-order chi connectivity index (χ0) is 20.1. The minimum Gasteiger partial charge on any atom is -0.465 e. The van der Waals surface area contributed by atoms with E-state index in [1.54, 1.807) is 6.26 Å². The van der Waals surface area contributed by atoms with Gasteiger partial charge < -0.3 is 9.47 Å². The number of hydrogen-bond acceptors (Lipinski definition) is 3. The van der Waals surface area contributed by atoms with Crippen LogP contribution in [0.15, 0.2) is 60.4 Å². The van der Waals surface area contributed by atoms with Crippen LogP contribution in [0.25, 0.3) is 0 Å². The molecule has 4 nitrogen and oxygen atoms in total. The summed E-state index contributed by atoms with van der Waals surface area (Å²) < 4.78 is 11.6. The number of ether oxygens (including phenoxy) is 2. The lowest BCUT2D eigenvalue weighted by atomic mass is 9.61. The SMILES string of the molecule is Cc1ccc2c(c1)[C@@]1(C)C/C(=C/Oc3ccccc3)[C@H]1N2C(=O)OC(C)(C)C. The molecule has 1 aliphatic carbocycles. The average Bonchev–Trinajstić information content (AvgIpc) is 2.80. The van der Waals surface area contributed by atoms with Gasteiger partial charge in [0.25, 0.3) is 0 Å². The van der Waals surface area contributed by atoms with E-state index in [2.05, 4.69) is 19.9 Å². The van der Waals surface area contributed by atoms with Gasteiger partial charge in [0.15, 0.2) is 0 Å². The van der Waals surface area contributed by atoms with Crippen LogP contribution in [0.1, 0.15) is 45.2 Å². The predicted octanol–water partition coefficient (Wildman–Crippen LogP) is 5.74. The summed E-state index contributed by atoms with van der Waals surface area (Å²) in [5.74, 6) is 0.791. The van der Waals surface area contributed by atoms with Crippen molar-refractivity contribution in [2.45, 2.75) is 58.1 Å². The van der Waals surface area contributed by atoms with Crippen molar-refractivity contribution in [1.29, 1.82) is 0 Å². The molecule has 1 saturated carbocycles. The van der Waals surface area contributed by atoms with E-state index < -0.39 is 5.60 Å². The van der Waals surface area contributed by atoms with Gasteiger partial charge in [-0.05, 0) is 63.5 Å². The molecule has 0 N–H and O–H groups in total. The van der Waals surface area contributed by atoms with Crippen LogP contribution in [-0.4, -0.2) is 17.7 Å². The van der Waals surface area contributed by atoms with Gasteiger partial charge in [-0.1, -0.05) is 42.8 Å². The third-order valence-electron chi connectivity index (χ3n) is 5.49. The highest BCUT2D eigenvalue weighted by Gasteiger charge is 2.59. The van der Waals surface area contributed by atoms with Crippen molar-refractivity contribution < 1.29 is 14.3 Å². The number of carbonyl (C=O) groups excluding carboxylic acids is 1. The zero-order valence-electron chi connectivity index (χ0n) is 17.2. The predicted molar refractivity (Wildman–Crippen MR) is 111 cm³/mol. The molecular weight excluding hydrogens is 350 g/mol. The van der Waals surface area contributed by atoms with E-state index in [1.807, 2.05) is 68.1 Å². The second kappa shape index (κ2) is 6.40. The van der Waals surface area contributed by atoms with Crippen molar-refractivity contribution in [2.75, 3.05) is 4.90 Å². The largest absolute Gasteiger partial charge is 0.465 e. The summed E-state index contributed by atoms with van der Waals surface area (Å²) in [5, 5.41) is 0. The Morgan fingerprint density at radius 2 is 1.89 bits per heavy atom. The molecule has 146 valence electrons. The third kappa shape index (κ3) is 3.07.